The Labute approximate surface area is 85.4 Å². The van der Waals surface area contributed by atoms with Crippen molar-refractivity contribution in [2.45, 2.75) is 31.5 Å². The van der Waals surface area contributed by atoms with Crippen molar-refractivity contribution in [3.8, 4) is 0 Å². The van der Waals surface area contributed by atoms with Crippen LogP contribution < -0.4 is 5.73 Å². The minimum Gasteiger partial charge on any atom is -0.386 e. The van der Waals surface area contributed by atoms with Gasteiger partial charge in [-0.1, -0.05) is 0 Å². The van der Waals surface area contributed by atoms with Crippen molar-refractivity contribution in [2.75, 3.05) is 26.9 Å². The lowest BCUT2D eigenvalue weighted by Gasteiger charge is -2.27. The van der Waals surface area contributed by atoms with Crippen LogP contribution in [0.15, 0.2) is 0 Å². The molecule has 1 aliphatic rings. The largest absolute Gasteiger partial charge is 0.386 e. The van der Waals surface area contributed by atoms with Crippen LogP contribution in [-0.4, -0.2) is 43.7 Å². The number of hydrogen-bond acceptors (Lipinski definition) is 4. The van der Waals surface area contributed by atoms with E-state index < -0.39 is 5.60 Å². The van der Waals surface area contributed by atoms with Crippen LogP contribution in [0.3, 0.4) is 0 Å². The van der Waals surface area contributed by atoms with Gasteiger partial charge in [0.05, 0.1) is 19.3 Å². The van der Waals surface area contributed by atoms with Gasteiger partial charge in [-0.15, -0.1) is 0 Å². The maximum absolute atomic E-state index is 10.1. The van der Waals surface area contributed by atoms with Gasteiger partial charge in [0, 0.05) is 13.7 Å². The van der Waals surface area contributed by atoms with E-state index in [1.165, 1.54) is 0 Å². The van der Waals surface area contributed by atoms with E-state index in [1.807, 2.05) is 6.92 Å². The molecule has 4 heteroatoms. The van der Waals surface area contributed by atoms with Crippen molar-refractivity contribution in [2.24, 2.45) is 11.7 Å². The standard InChI is InChI=1S/C10H21NO3/c1-8(5-13-2)14-7-10(12,6-11)9-3-4-9/h8-9,12H,3-7,11H2,1-2H3. The molecule has 1 rings (SSSR count). The molecule has 0 aromatic carbocycles. The Morgan fingerprint density at radius 3 is 2.64 bits per heavy atom. The Kier molecular flexibility index (Phi) is 4.31. The second kappa shape index (κ2) is 5.07. The Balaban J connectivity index is 2.26. The van der Waals surface area contributed by atoms with Gasteiger partial charge in [0.2, 0.25) is 0 Å². The Hall–Kier alpha value is -0.160. The predicted molar refractivity (Wildman–Crippen MR) is 54.0 cm³/mol. The molecule has 0 aliphatic heterocycles. The molecule has 4 nitrogen and oxygen atoms in total. The van der Waals surface area contributed by atoms with Gasteiger partial charge in [0.1, 0.15) is 5.60 Å². The predicted octanol–water partition coefficient (Wildman–Crippen LogP) is 0.138. The van der Waals surface area contributed by atoms with Crippen molar-refractivity contribution < 1.29 is 14.6 Å². The van der Waals surface area contributed by atoms with E-state index >= 15 is 0 Å². The highest BCUT2D eigenvalue weighted by Gasteiger charge is 2.43. The molecule has 3 N–H and O–H groups in total. The van der Waals surface area contributed by atoms with Crippen LogP contribution in [0.1, 0.15) is 19.8 Å². The van der Waals surface area contributed by atoms with E-state index in [1.54, 1.807) is 7.11 Å². The van der Waals surface area contributed by atoms with Gasteiger partial charge in [0.25, 0.3) is 0 Å². The van der Waals surface area contributed by atoms with Gasteiger partial charge in [-0.3, -0.25) is 0 Å². The fourth-order valence-electron chi connectivity index (χ4n) is 1.53. The average molecular weight is 203 g/mol. The summed E-state index contributed by atoms with van der Waals surface area (Å²) in [6, 6.07) is 0. The van der Waals surface area contributed by atoms with Crippen LogP contribution in [-0.2, 0) is 9.47 Å². The van der Waals surface area contributed by atoms with Crippen LogP contribution in [0.2, 0.25) is 0 Å². The molecule has 1 saturated carbocycles. The average Bonchev–Trinajstić information content (AvgIpc) is 2.98. The molecule has 84 valence electrons. The summed E-state index contributed by atoms with van der Waals surface area (Å²) in [5.74, 6) is 0.335. The number of methoxy groups -OCH3 is 1. The topological polar surface area (TPSA) is 64.7 Å². The molecule has 0 amide bonds. The summed E-state index contributed by atoms with van der Waals surface area (Å²) >= 11 is 0. The number of nitrogens with two attached hydrogens (primary N) is 1. The second-order valence-corrected chi connectivity index (χ2v) is 4.16. The van der Waals surface area contributed by atoms with Gasteiger partial charge in [-0.25, -0.2) is 0 Å². The fourth-order valence-corrected chi connectivity index (χ4v) is 1.53. The van der Waals surface area contributed by atoms with Crippen LogP contribution in [0.5, 0.6) is 0 Å². The molecule has 2 unspecified atom stereocenters. The Morgan fingerprint density at radius 2 is 2.21 bits per heavy atom. The highest BCUT2D eigenvalue weighted by Crippen LogP contribution is 2.39. The lowest BCUT2D eigenvalue weighted by molar-refractivity contribution is -0.0888. The van der Waals surface area contributed by atoms with Gasteiger partial charge >= 0.3 is 0 Å². The summed E-state index contributed by atoms with van der Waals surface area (Å²) in [5.41, 5.74) is 4.73. The summed E-state index contributed by atoms with van der Waals surface area (Å²) in [6.07, 6.45) is 2.14. The summed E-state index contributed by atoms with van der Waals surface area (Å²) in [6.45, 7) is 3.06. The van der Waals surface area contributed by atoms with Crippen molar-refractivity contribution in [3.05, 3.63) is 0 Å². The van der Waals surface area contributed by atoms with Crippen molar-refractivity contribution >= 4 is 0 Å². The minimum atomic E-state index is -0.817. The third kappa shape index (κ3) is 3.20. The first-order valence-electron chi connectivity index (χ1n) is 5.15. The molecular weight excluding hydrogens is 182 g/mol. The molecule has 2 atom stereocenters. The third-order valence-electron chi connectivity index (χ3n) is 2.71. The summed E-state index contributed by atoms with van der Waals surface area (Å²) in [7, 11) is 1.63. The molecule has 0 bridgehead atoms. The van der Waals surface area contributed by atoms with Gasteiger partial charge < -0.3 is 20.3 Å². The summed E-state index contributed by atoms with van der Waals surface area (Å²) < 4.78 is 10.4. The maximum atomic E-state index is 10.1. The minimum absolute atomic E-state index is 0.0109. The molecule has 0 saturated heterocycles. The van der Waals surface area contributed by atoms with Crippen LogP contribution in [0.4, 0.5) is 0 Å². The molecule has 0 aromatic heterocycles. The number of ether oxygens (including phenoxy) is 2. The van der Waals surface area contributed by atoms with E-state index in [-0.39, 0.29) is 12.6 Å². The van der Waals surface area contributed by atoms with E-state index in [0.29, 0.717) is 19.1 Å². The monoisotopic (exact) mass is 203 g/mol. The molecule has 1 aliphatic carbocycles. The summed E-state index contributed by atoms with van der Waals surface area (Å²) in [4.78, 5) is 0. The first-order chi connectivity index (χ1) is 6.62. The third-order valence-corrected chi connectivity index (χ3v) is 2.71. The van der Waals surface area contributed by atoms with Gasteiger partial charge in [0.15, 0.2) is 0 Å². The number of hydrogen-bond donors (Lipinski definition) is 2. The normalized spacial score (nSPS) is 23.1. The highest BCUT2D eigenvalue weighted by molar-refractivity contribution is 4.95. The van der Waals surface area contributed by atoms with Crippen LogP contribution in [0, 0.1) is 5.92 Å². The Morgan fingerprint density at radius 1 is 1.57 bits per heavy atom. The zero-order chi connectivity index (χ0) is 10.6. The van der Waals surface area contributed by atoms with Crippen LogP contribution >= 0.6 is 0 Å². The second-order valence-electron chi connectivity index (χ2n) is 4.16. The zero-order valence-corrected chi connectivity index (χ0v) is 9.03. The first-order valence-corrected chi connectivity index (χ1v) is 5.15. The molecule has 0 radical (unpaired) electrons. The zero-order valence-electron chi connectivity index (χ0n) is 9.03. The summed E-state index contributed by atoms with van der Waals surface area (Å²) in [5, 5.41) is 10.1. The van der Waals surface area contributed by atoms with Crippen molar-refractivity contribution in [1.82, 2.24) is 0 Å². The van der Waals surface area contributed by atoms with E-state index in [4.69, 9.17) is 15.2 Å². The first kappa shape index (κ1) is 11.9. The molecule has 0 aromatic rings. The molecule has 0 spiro atoms. The van der Waals surface area contributed by atoms with E-state index in [0.717, 1.165) is 12.8 Å². The number of rotatable bonds is 7. The number of aliphatic hydroxyl groups is 1. The Bertz CT molecular complexity index is 173. The molecule has 1 fully saturated rings. The van der Waals surface area contributed by atoms with E-state index in [9.17, 15) is 5.11 Å². The SMILES string of the molecule is COCC(C)OCC(O)(CN)C1CC1. The van der Waals surface area contributed by atoms with Crippen molar-refractivity contribution in [3.63, 3.8) is 0 Å². The maximum Gasteiger partial charge on any atom is 0.103 e. The lowest BCUT2D eigenvalue weighted by Crippen LogP contribution is -2.45. The quantitative estimate of drug-likeness (QED) is 0.617. The van der Waals surface area contributed by atoms with Gasteiger partial charge in [-0.2, -0.15) is 0 Å². The van der Waals surface area contributed by atoms with Crippen LogP contribution in [0.25, 0.3) is 0 Å². The smallest absolute Gasteiger partial charge is 0.103 e. The van der Waals surface area contributed by atoms with Gasteiger partial charge in [-0.05, 0) is 25.7 Å². The molecule has 0 heterocycles. The lowest BCUT2D eigenvalue weighted by atomic mass is 9.99. The highest BCUT2D eigenvalue weighted by atomic mass is 16.5. The molecular formula is C10H21NO3. The molecule has 14 heavy (non-hydrogen) atoms. The van der Waals surface area contributed by atoms with Crippen molar-refractivity contribution in [1.29, 1.82) is 0 Å². The fraction of sp³-hybridized carbons (Fsp3) is 1.00. The van der Waals surface area contributed by atoms with E-state index in [2.05, 4.69) is 0 Å².